The van der Waals surface area contributed by atoms with E-state index in [4.69, 9.17) is 10.3 Å². The molecule has 20 heavy (non-hydrogen) atoms. The number of aromatic amines is 1. The number of halogens is 2. The number of nitrogens with zero attached hydrogens (tertiary/aromatic N) is 4. The second-order valence-electron chi connectivity index (χ2n) is 4.14. The number of rotatable bonds is 3. The Morgan fingerprint density at radius 3 is 3.00 bits per heavy atom. The van der Waals surface area contributed by atoms with Gasteiger partial charge in [-0.2, -0.15) is 0 Å². The lowest BCUT2D eigenvalue weighted by atomic mass is 10.1. The number of aliphatic hydroxyl groups is 1. The summed E-state index contributed by atoms with van der Waals surface area (Å²) in [6, 6.07) is 0. The SMILES string of the molecule is [N-]=[N+]=N[C@]1(CI)O[C@@H](n2cc(I)c(=O)[nH]c2=O)C[C@@H]1O. The predicted molar refractivity (Wildman–Crippen MR) is 85.5 cm³/mol. The molecule has 1 saturated heterocycles. The number of azide groups is 1. The van der Waals surface area contributed by atoms with E-state index in [1.165, 1.54) is 10.8 Å². The molecule has 0 saturated carbocycles. The van der Waals surface area contributed by atoms with Crippen molar-refractivity contribution in [3.05, 3.63) is 41.0 Å². The van der Waals surface area contributed by atoms with Crippen LogP contribution in [-0.2, 0) is 4.74 Å². The van der Waals surface area contributed by atoms with Crippen molar-refractivity contribution in [2.75, 3.05) is 4.43 Å². The van der Waals surface area contributed by atoms with Crippen molar-refractivity contribution < 1.29 is 9.84 Å². The Morgan fingerprint density at radius 2 is 2.40 bits per heavy atom. The molecule has 0 bridgehead atoms. The molecule has 0 unspecified atom stereocenters. The summed E-state index contributed by atoms with van der Waals surface area (Å²) >= 11 is 3.72. The van der Waals surface area contributed by atoms with Crippen LogP contribution in [0.1, 0.15) is 12.6 Å². The number of nitrogens with one attached hydrogen (secondary N) is 1. The largest absolute Gasteiger partial charge is 0.390 e. The fourth-order valence-corrected chi connectivity index (χ4v) is 3.17. The van der Waals surface area contributed by atoms with E-state index in [0.29, 0.717) is 3.57 Å². The van der Waals surface area contributed by atoms with Crippen molar-refractivity contribution in [3.63, 3.8) is 0 Å². The van der Waals surface area contributed by atoms with Gasteiger partial charge in [-0.3, -0.25) is 14.3 Å². The third-order valence-electron chi connectivity index (χ3n) is 2.93. The van der Waals surface area contributed by atoms with Gasteiger partial charge < -0.3 is 9.84 Å². The molecule has 2 N–H and O–H groups in total. The summed E-state index contributed by atoms with van der Waals surface area (Å²) in [5.41, 5.74) is 6.05. The van der Waals surface area contributed by atoms with Gasteiger partial charge in [-0.15, -0.1) is 0 Å². The highest BCUT2D eigenvalue weighted by Crippen LogP contribution is 2.38. The minimum Gasteiger partial charge on any atom is -0.390 e. The average Bonchev–Trinajstić information content (AvgIpc) is 2.72. The van der Waals surface area contributed by atoms with E-state index in [1.807, 2.05) is 22.6 Å². The van der Waals surface area contributed by atoms with Crippen molar-refractivity contribution in [2.45, 2.75) is 24.5 Å². The lowest BCUT2D eigenvalue weighted by Crippen LogP contribution is -2.39. The van der Waals surface area contributed by atoms with Crippen LogP contribution in [0.4, 0.5) is 0 Å². The van der Waals surface area contributed by atoms with E-state index in [9.17, 15) is 14.7 Å². The highest BCUT2D eigenvalue weighted by atomic mass is 127. The fraction of sp³-hybridized carbons (Fsp3) is 0.556. The molecule has 1 aromatic rings. The van der Waals surface area contributed by atoms with Gasteiger partial charge in [0, 0.05) is 22.0 Å². The van der Waals surface area contributed by atoms with Crippen LogP contribution in [0.3, 0.4) is 0 Å². The number of aliphatic hydroxyl groups excluding tert-OH is 1. The number of ether oxygens (including phenoxy) is 1. The van der Waals surface area contributed by atoms with Crippen LogP contribution in [-0.4, -0.2) is 30.9 Å². The Bertz CT molecular complexity index is 682. The number of aromatic nitrogens is 2. The molecule has 9 nitrogen and oxygen atoms in total. The Balaban J connectivity index is 2.43. The molecule has 108 valence electrons. The maximum Gasteiger partial charge on any atom is 0.330 e. The minimum absolute atomic E-state index is 0.0874. The van der Waals surface area contributed by atoms with Gasteiger partial charge in [0.05, 0.1) is 9.67 Å². The maximum atomic E-state index is 11.8. The first-order valence-electron chi connectivity index (χ1n) is 5.42. The molecule has 0 aromatic carbocycles. The van der Waals surface area contributed by atoms with E-state index in [-0.39, 0.29) is 10.8 Å². The summed E-state index contributed by atoms with van der Waals surface area (Å²) in [4.78, 5) is 27.9. The second-order valence-corrected chi connectivity index (χ2v) is 6.06. The fourth-order valence-electron chi connectivity index (χ4n) is 1.90. The molecular formula is C9H9I2N5O4. The smallest absolute Gasteiger partial charge is 0.330 e. The topological polar surface area (TPSA) is 133 Å². The van der Waals surface area contributed by atoms with E-state index >= 15 is 0 Å². The van der Waals surface area contributed by atoms with Crippen LogP contribution < -0.4 is 11.2 Å². The van der Waals surface area contributed by atoms with Crippen LogP contribution >= 0.6 is 45.2 Å². The van der Waals surface area contributed by atoms with Gasteiger partial charge in [0.25, 0.3) is 5.56 Å². The lowest BCUT2D eigenvalue weighted by molar-refractivity contribution is -0.0820. The Hall–Kier alpha value is -0.630. The van der Waals surface area contributed by atoms with Crippen molar-refractivity contribution >= 4 is 45.2 Å². The van der Waals surface area contributed by atoms with Crippen molar-refractivity contribution in [1.29, 1.82) is 0 Å². The number of H-pyrrole nitrogens is 1. The molecule has 0 radical (unpaired) electrons. The summed E-state index contributed by atoms with van der Waals surface area (Å²) in [5.74, 6) is 0. The van der Waals surface area contributed by atoms with Crippen molar-refractivity contribution in [1.82, 2.24) is 9.55 Å². The molecule has 1 fully saturated rings. The van der Waals surface area contributed by atoms with Gasteiger partial charge >= 0.3 is 5.69 Å². The molecule has 11 heteroatoms. The number of hydrogen-bond acceptors (Lipinski definition) is 5. The van der Waals surface area contributed by atoms with Crippen molar-refractivity contribution in [2.24, 2.45) is 5.11 Å². The van der Waals surface area contributed by atoms with Crippen LogP contribution in [0.5, 0.6) is 0 Å². The van der Waals surface area contributed by atoms with Gasteiger partial charge in [-0.25, -0.2) is 4.79 Å². The molecule has 1 aliphatic rings. The van der Waals surface area contributed by atoms with Gasteiger partial charge in [0.15, 0.2) is 5.72 Å². The third-order valence-corrected chi connectivity index (χ3v) is 4.79. The van der Waals surface area contributed by atoms with E-state index < -0.39 is 29.3 Å². The molecule has 2 rings (SSSR count). The van der Waals surface area contributed by atoms with Gasteiger partial charge in [0.2, 0.25) is 0 Å². The van der Waals surface area contributed by atoms with Gasteiger partial charge in [-0.05, 0) is 28.1 Å². The Labute approximate surface area is 139 Å². The highest BCUT2D eigenvalue weighted by Gasteiger charge is 2.48. The second kappa shape index (κ2) is 6.01. The quantitative estimate of drug-likeness (QED) is 0.208. The van der Waals surface area contributed by atoms with Gasteiger partial charge in [0.1, 0.15) is 6.23 Å². The standard InChI is InChI=1S/C9H9I2N5O4/c10-3-9(14-15-12)5(17)1-6(20-9)16-2-4(11)7(18)13-8(16)19/h2,5-6,17H,1,3H2,(H,13,18,19)/t5-,6+,9+/m0/s1. The molecule has 2 heterocycles. The maximum absolute atomic E-state index is 11.8. The monoisotopic (exact) mass is 505 g/mol. The number of alkyl halides is 1. The molecule has 0 aliphatic carbocycles. The first-order chi connectivity index (χ1) is 9.43. The first kappa shape index (κ1) is 15.8. The van der Waals surface area contributed by atoms with Crippen LogP contribution in [0.15, 0.2) is 20.9 Å². The van der Waals surface area contributed by atoms with Crippen LogP contribution in [0, 0.1) is 3.57 Å². The molecule has 0 amide bonds. The number of hydrogen-bond donors (Lipinski definition) is 2. The Morgan fingerprint density at radius 1 is 1.70 bits per heavy atom. The normalized spacial score (nSPS) is 29.1. The average molecular weight is 505 g/mol. The molecule has 1 aromatic heterocycles. The molecule has 3 atom stereocenters. The zero-order valence-electron chi connectivity index (χ0n) is 9.86. The van der Waals surface area contributed by atoms with Crippen LogP contribution in [0.25, 0.3) is 10.4 Å². The molecule has 1 aliphatic heterocycles. The van der Waals surface area contributed by atoms with E-state index in [0.717, 1.165) is 0 Å². The summed E-state index contributed by atoms with van der Waals surface area (Å²) in [6.07, 6.45) is -0.400. The summed E-state index contributed by atoms with van der Waals surface area (Å²) < 4.78 is 7.30. The minimum atomic E-state index is -1.40. The summed E-state index contributed by atoms with van der Waals surface area (Å²) in [5, 5.41) is 13.5. The Kier molecular flexibility index (Phi) is 4.73. The molecule has 0 spiro atoms. The lowest BCUT2D eigenvalue weighted by Gasteiger charge is -2.24. The third kappa shape index (κ3) is 2.72. The zero-order chi connectivity index (χ0) is 14.9. The van der Waals surface area contributed by atoms with Gasteiger partial charge in [-0.1, -0.05) is 27.7 Å². The van der Waals surface area contributed by atoms with E-state index in [1.54, 1.807) is 22.6 Å². The molecular weight excluding hydrogens is 496 g/mol. The van der Waals surface area contributed by atoms with Crippen LogP contribution in [0.2, 0.25) is 0 Å². The first-order valence-corrected chi connectivity index (χ1v) is 8.03. The predicted octanol–water partition coefficient (Wildman–Crippen LogP) is 0.863. The van der Waals surface area contributed by atoms with Crippen molar-refractivity contribution in [3.8, 4) is 0 Å². The summed E-state index contributed by atoms with van der Waals surface area (Å²) in [7, 11) is 0. The summed E-state index contributed by atoms with van der Waals surface area (Å²) in [6.45, 7) is 0. The van der Waals surface area contributed by atoms with E-state index in [2.05, 4.69) is 15.0 Å². The zero-order valence-corrected chi connectivity index (χ0v) is 14.2. The highest BCUT2D eigenvalue weighted by molar-refractivity contribution is 14.1.